The highest BCUT2D eigenvalue weighted by Crippen LogP contribution is 2.28. The standard InChI is InChI=1S/C15H20F3N7O/c1-23(2)14-19-13(20-21-14)10-3-6-24(7-4-10)12(26)9-25-8-5-11(22-25)15(16,17)18/h5,8,10H,3-4,6-7,9H2,1-2H3,(H,19,20,21). The molecular formula is C15H20F3N7O. The lowest BCUT2D eigenvalue weighted by Crippen LogP contribution is -2.40. The largest absolute Gasteiger partial charge is 0.435 e. The molecule has 3 heterocycles. The molecule has 8 nitrogen and oxygen atoms in total. The molecular weight excluding hydrogens is 351 g/mol. The van der Waals surface area contributed by atoms with Gasteiger partial charge in [-0.1, -0.05) is 0 Å². The zero-order valence-electron chi connectivity index (χ0n) is 14.5. The Morgan fingerprint density at radius 1 is 1.35 bits per heavy atom. The second kappa shape index (κ2) is 6.96. The van der Waals surface area contributed by atoms with Gasteiger partial charge in [-0.3, -0.25) is 14.6 Å². The van der Waals surface area contributed by atoms with Crippen molar-refractivity contribution in [1.29, 1.82) is 0 Å². The number of alkyl halides is 3. The second-order valence-corrected chi connectivity index (χ2v) is 6.47. The smallest absolute Gasteiger partial charge is 0.346 e. The van der Waals surface area contributed by atoms with Gasteiger partial charge in [-0.2, -0.15) is 23.3 Å². The van der Waals surface area contributed by atoms with Gasteiger partial charge in [0.2, 0.25) is 11.9 Å². The Kier molecular flexibility index (Phi) is 4.88. The highest BCUT2D eigenvalue weighted by molar-refractivity contribution is 5.76. The normalized spacial score (nSPS) is 16.1. The van der Waals surface area contributed by atoms with Crippen molar-refractivity contribution in [3.05, 3.63) is 23.8 Å². The summed E-state index contributed by atoms with van der Waals surface area (Å²) in [6.45, 7) is 0.845. The van der Waals surface area contributed by atoms with E-state index in [0.29, 0.717) is 19.0 Å². The molecule has 1 fully saturated rings. The molecule has 1 aliphatic heterocycles. The molecule has 0 aliphatic carbocycles. The molecule has 0 bridgehead atoms. The number of nitrogens with zero attached hydrogens (tertiary/aromatic N) is 6. The third-order valence-corrected chi connectivity index (χ3v) is 4.35. The second-order valence-electron chi connectivity index (χ2n) is 6.47. The van der Waals surface area contributed by atoms with Crippen molar-refractivity contribution in [3.8, 4) is 0 Å². The fraction of sp³-hybridized carbons (Fsp3) is 0.600. The lowest BCUT2D eigenvalue weighted by Gasteiger charge is -2.31. The number of hydrogen-bond donors (Lipinski definition) is 1. The van der Waals surface area contributed by atoms with E-state index >= 15 is 0 Å². The number of nitrogens with one attached hydrogen (secondary N) is 1. The summed E-state index contributed by atoms with van der Waals surface area (Å²) < 4.78 is 38.7. The van der Waals surface area contributed by atoms with Crippen LogP contribution >= 0.6 is 0 Å². The van der Waals surface area contributed by atoms with E-state index in [4.69, 9.17) is 0 Å². The molecule has 2 aromatic rings. The van der Waals surface area contributed by atoms with Crippen LogP contribution in [0.3, 0.4) is 0 Å². The zero-order valence-corrected chi connectivity index (χ0v) is 14.5. The maximum atomic E-state index is 12.6. The van der Waals surface area contributed by atoms with Gasteiger partial charge in [-0.15, -0.1) is 5.10 Å². The molecule has 1 amide bonds. The fourth-order valence-electron chi connectivity index (χ4n) is 2.89. The number of piperidine rings is 1. The van der Waals surface area contributed by atoms with Crippen LogP contribution in [0, 0.1) is 0 Å². The molecule has 0 unspecified atom stereocenters. The van der Waals surface area contributed by atoms with Crippen LogP contribution in [0.4, 0.5) is 19.1 Å². The van der Waals surface area contributed by atoms with Crippen LogP contribution in [-0.2, 0) is 17.5 Å². The monoisotopic (exact) mass is 371 g/mol. The summed E-state index contributed by atoms with van der Waals surface area (Å²) >= 11 is 0. The number of anilines is 1. The number of hydrogen-bond acceptors (Lipinski definition) is 5. The summed E-state index contributed by atoms with van der Waals surface area (Å²) in [6.07, 6.45) is -1.89. The quantitative estimate of drug-likeness (QED) is 0.881. The molecule has 2 aromatic heterocycles. The molecule has 1 N–H and O–H groups in total. The molecule has 0 aromatic carbocycles. The van der Waals surface area contributed by atoms with Crippen molar-refractivity contribution in [2.45, 2.75) is 31.5 Å². The van der Waals surface area contributed by atoms with Crippen LogP contribution in [0.2, 0.25) is 0 Å². The first-order valence-corrected chi connectivity index (χ1v) is 8.22. The minimum atomic E-state index is -4.50. The Hall–Kier alpha value is -2.59. The highest BCUT2D eigenvalue weighted by Gasteiger charge is 2.34. The molecule has 3 rings (SSSR count). The minimum Gasteiger partial charge on any atom is -0.346 e. The summed E-state index contributed by atoms with van der Waals surface area (Å²) in [5.41, 5.74) is -0.994. The first kappa shape index (κ1) is 18.2. The lowest BCUT2D eigenvalue weighted by molar-refractivity contribution is -0.142. The van der Waals surface area contributed by atoms with Crippen LogP contribution in [0.5, 0.6) is 0 Å². The van der Waals surface area contributed by atoms with E-state index in [1.54, 1.807) is 9.80 Å². The SMILES string of the molecule is CN(C)c1n[nH]c(C2CCN(C(=O)Cn3ccc(C(F)(F)F)n3)CC2)n1. The summed E-state index contributed by atoms with van der Waals surface area (Å²) in [7, 11) is 3.71. The van der Waals surface area contributed by atoms with E-state index in [2.05, 4.69) is 20.3 Å². The molecule has 0 saturated carbocycles. The third kappa shape index (κ3) is 3.97. The van der Waals surface area contributed by atoms with E-state index in [9.17, 15) is 18.0 Å². The number of likely N-dealkylation sites (tertiary alicyclic amines) is 1. The predicted molar refractivity (Wildman–Crippen MR) is 86.5 cm³/mol. The van der Waals surface area contributed by atoms with Gasteiger partial charge in [-0.05, 0) is 18.9 Å². The third-order valence-electron chi connectivity index (χ3n) is 4.35. The van der Waals surface area contributed by atoms with Gasteiger partial charge >= 0.3 is 6.18 Å². The summed E-state index contributed by atoms with van der Waals surface area (Å²) in [4.78, 5) is 20.2. The first-order chi connectivity index (χ1) is 12.2. The van der Waals surface area contributed by atoms with Crippen molar-refractivity contribution in [2.75, 3.05) is 32.1 Å². The van der Waals surface area contributed by atoms with Crippen molar-refractivity contribution >= 4 is 11.9 Å². The van der Waals surface area contributed by atoms with Crippen molar-refractivity contribution in [1.82, 2.24) is 29.9 Å². The van der Waals surface area contributed by atoms with Gasteiger partial charge in [0.05, 0.1) is 0 Å². The average molecular weight is 371 g/mol. The molecule has 1 saturated heterocycles. The number of carbonyl (C=O) groups is 1. The number of amides is 1. The predicted octanol–water partition coefficient (Wildman–Crippen LogP) is 1.49. The molecule has 0 radical (unpaired) electrons. The molecule has 26 heavy (non-hydrogen) atoms. The maximum absolute atomic E-state index is 12.6. The molecule has 11 heteroatoms. The van der Waals surface area contributed by atoms with Gasteiger partial charge in [0.1, 0.15) is 12.4 Å². The Labute approximate surface area is 148 Å². The number of H-pyrrole nitrogens is 1. The van der Waals surface area contributed by atoms with Crippen LogP contribution in [0.1, 0.15) is 30.3 Å². The van der Waals surface area contributed by atoms with Crippen LogP contribution in [0.15, 0.2) is 12.3 Å². The Morgan fingerprint density at radius 2 is 2.04 bits per heavy atom. The Balaban J connectivity index is 1.54. The van der Waals surface area contributed by atoms with Gasteiger partial charge in [0.15, 0.2) is 5.69 Å². The number of aromatic nitrogens is 5. The summed E-state index contributed by atoms with van der Waals surface area (Å²) in [5, 5.41) is 10.5. The molecule has 142 valence electrons. The average Bonchev–Trinajstić information content (AvgIpc) is 3.24. The number of aromatic amines is 1. The summed E-state index contributed by atoms with van der Waals surface area (Å²) in [5.74, 6) is 1.34. The maximum Gasteiger partial charge on any atom is 0.435 e. The molecule has 0 atom stereocenters. The lowest BCUT2D eigenvalue weighted by atomic mass is 9.96. The van der Waals surface area contributed by atoms with Gasteiger partial charge < -0.3 is 9.80 Å². The number of halogens is 3. The van der Waals surface area contributed by atoms with Gasteiger partial charge in [-0.25, -0.2) is 0 Å². The van der Waals surface area contributed by atoms with E-state index < -0.39 is 11.9 Å². The highest BCUT2D eigenvalue weighted by atomic mass is 19.4. The molecule has 0 spiro atoms. The fourth-order valence-corrected chi connectivity index (χ4v) is 2.89. The van der Waals surface area contributed by atoms with Crippen LogP contribution in [0.25, 0.3) is 0 Å². The van der Waals surface area contributed by atoms with E-state index in [1.165, 1.54) is 6.20 Å². The van der Waals surface area contributed by atoms with Crippen LogP contribution in [-0.4, -0.2) is 63.0 Å². The Morgan fingerprint density at radius 3 is 2.58 bits per heavy atom. The van der Waals surface area contributed by atoms with Gasteiger partial charge in [0, 0.05) is 39.3 Å². The van der Waals surface area contributed by atoms with Crippen molar-refractivity contribution in [3.63, 3.8) is 0 Å². The van der Waals surface area contributed by atoms with E-state index in [0.717, 1.165) is 29.4 Å². The topological polar surface area (TPSA) is 82.9 Å². The van der Waals surface area contributed by atoms with E-state index in [1.807, 2.05) is 14.1 Å². The van der Waals surface area contributed by atoms with Crippen molar-refractivity contribution < 1.29 is 18.0 Å². The zero-order chi connectivity index (χ0) is 18.9. The van der Waals surface area contributed by atoms with Gasteiger partial charge in [0.25, 0.3) is 0 Å². The number of carbonyl (C=O) groups excluding carboxylic acids is 1. The minimum absolute atomic E-state index is 0.182. The number of rotatable bonds is 4. The van der Waals surface area contributed by atoms with Crippen LogP contribution < -0.4 is 4.90 Å². The Bertz CT molecular complexity index is 759. The van der Waals surface area contributed by atoms with E-state index in [-0.39, 0.29) is 18.4 Å². The summed E-state index contributed by atoms with van der Waals surface area (Å²) in [6, 6.07) is 0.867. The molecule has 1 aliphatic rings. The van der Waals surface area contributed by atoms with Crippen molar-refractivity contribution in [2.24, 2.45) is 0 Å². The first-order valence-electron chi connectivity index (χ1n) is 8.22.